The van der Waals surface area contributed by atoms with E-state index in [1.165, 1.54) is 0 Å². The highest BCUT2D eigenvalue weighted by atomic mass is 32.2. The average Bonchev–Trinajstić information content (AvgIpc) is 2.86. The van der Waals surface area contributed by atoms with Crippen molar-refractivity contribution in [3.05, 3.63) is 0 Å². The monoisotopic (exact) mass is 289 g/mol. The summed E-state index contributed by atoms with van der Waals surface area (Å²) in [7, 11) is -3.53. The van der Waals surface area contributed by atoms with E-state index >= 15 is 0 Å². The summed E-state index contributed by atoms with van der Waals surface area (Å²) in [5.41, 5.74) is -1.29. The second kappa shape index (κ2) is 5.40. The van der Waals surface area contributed by atoms with E-state index in [0.29, 0.717) is 19.3 Å². The van der Waals surface area contributed by atoms with Crippen LogP contribution in [-0.2, 0) is 14.8 Å². The second-order valence-electron chi connectivity index (χ2n) is 5.98. The topological polar surface area (TPSA) is 83.5 Å². The van der Waals surface area contributed by atoms with Gasteiger partial charge in [0.25, 0.3) is 0 Å². The molecule has 2 rings (SSSR count). The molecule has 0 saturated heterocycles. The van der Waals surface area contributed by atoms with Gasteiger partial charge in [-0.1, -0.05) is 32.6 Å². The molecule has 0 aromatic heterocycles. The first-order valence-corrected chi connectivity index (χ1v) is 8.69. The third kappa shape index (κ3) is 2.79. The van der Waals surface area contributed by atoms with Crippen molar-refractivity contribution in [2.75, 3.05) is 0 Å². The zero-order valence-corrected chi connectivity index (χ0v) is 12.2. The number of aliphatic carboxylic acids is 1. The fourth-order valence-corrected chi connectivity index (χ4v) is 5.41. The van der Waals surface area contributed by atoms with Crippen LogP contribution in [0.3, 0.4) is 0 Å². The summed E-state index contributed by atoms with van der Waals surface area (Å²) >= 11 is 0. The van der Waals surface area contributed by atoms with Crippen molar-refractivity contribution in [3.63, 3.8) is 0 Å². The lowest BCUT2D eigenvalue weighted by molar-refractivity contribution is -0.147. The van der Waals surface area contributed by atoms with E-state index in [9.17, 15) is 18.3 Å². The number of hydrogen-bond donors (Lipinski definition) is 2. The highest BCUT2D eigenvalue weighted by Crippen LogP contribution is 2.36. The van der Waals surface area contributed by atoms with E-state index in [0.717, 1.165) is 32.1 Å². The molecule has 0 aromatic carbocycles. The minimum absolute atomic E-state index is 0.157. The predicted molar refractivity (Wildman–Crippen MR) is 72.3 cm³/mol. The molecule has 0 bridgehead atoms. The van der Waals surface area contributed by atoms with Gasteiger partial charge in [-0.05, 0) is 31.6 Å². The van der Waals surface area contributed by atoms with Crippen LogP contribution >= 0.6 is 0 Å². The van der Waals surface area contributed by atoms with Gasteiger partial charge < -0.3 is 5.11 Å². The average molecular weight is 289 g/mol. The number of hydrogen-bond acceptors (Lipinski definition) is 3. The van der Waals surface area contributed by atoms with Crippen molar-refractivity contribution < 1.29 is 18.3 Å². The Labute approximate surface area is 114 Å². The molecule has 2 aliphatic carbocycles. The first-order chi connectivity index (χ1) is 8.88. The van der Waals surface area contributed by atoms with E-state index < -0.39 is 26.8 Å². The smallest absolute Gasteiger partial charge is 0.325 e. The van der Waals surface area contributed by atoms with Crippen LogP contribution in [-0.4, -0.2) is 30.3 Å². The van der Waals surface area contributed by atoms with Crippen molar-refractivity contribution in [1.82, 2.24) is 4.72 Å². The van der Waals surface area contributed by atoms with Crippen molar-refractivity contribution in [1.29, 1.82) is 0 Å². The van der Waals surface area contributed by atoms with Gasteiger partial charge in [-0.15, -0.1) is 0 Å². The van der Waals surface area contributed by atoms with Crippen molar-refractivity contribution in [2.24, 2.45) is 5.92 Å². The van der Waals surface area contributed by atoms with Gasteiger partial charge in [-0.25, -0.2) is 8.42 Å². The molecule has 0 amide bonds. The minimum atomic E-state index is -3.53. The minimum Gasteiger partial charge on any atom is -0.480 e. The molecule has 110 valence electrons. The molecule has 2 atom stereocenters. The molecule has 2 unspecified atom stereocenters. The molecular formula is C13H23NO4S. The molecule has 2 fully saturated rings. The molecule has 0 heterocycles. The Morgan fingerprint density at radius 2 is 1.74 bits per heavy atom. The summed E-state index contributed by atoms with van der Waals surface area (Å²) in [5, 5.41) is 9.13. The lowest BCUT2D eigenvalue weighted by Crippen LogP contribution is -2.61. The van der Waals surface area contributed by atoms with Crippen molar-refractivity contribution >= 4 is 16.0 Å². The third-order valence-corrected chi connectivity index (χ3v) is 6.74. The van der Waals surface area contributed by atoms with Crippen LogP contribution in [0.5, 0.6) is 0 Å². The highest BCUT2D eigenvalue weighted by molar-refractivity contribution is 7.90. The maximum atomic E-state index is 12.4. The number of carbonyl (C=O) groups is 1. The maximum absolute atomic E-state index is 12.4. The maximum Gasteiger partial charge on any atom is 0.325 e. The second-order valence-corrected chi connectivity index (χ2v) is 7.94. The summed E-state index contributed by atoms with van der Waals surface area (Å²) in [6, 6.07) is 0. The Kier molecular flexibility index (Phi) is 4.20. The zero-order valence-electron chi connectivity index (χ0n) is 11.4. The summed E-state index contributed by atoms with van der Waals surface area (Å²) in [5.74, 6) is -1.18. The molecule has 19 heavy (non-hydrogen) atoms. The normalized spacial score (nSPS) is 33.4. The number of carboxylic acid groups (broad SMARTS) is 1. The van der Waals surface area contributed by atoms with Crippen LogP contribution in [0.25, 0.3) is 0 Å². The number of sulfonamides is 1. The first-order valence-electron chi connectivity index (χ1n) is 7.15. The van der Waals surface area contributed by atoms with E-state index in [4.69, 9.17) is 0 Å². The van der Waals surface area contributed by atoms with Crippen LogP contribution in [0.2, 0.25) is 0 Å². The van der Waals surface area contributed by atoms with Gasteiger partial charge in [0.1, 0.15) is 5.54 Å². The Morgan fingerprint density at radius 1 is 1.16 bits per heavy atom. The quantitative estimate of drug-likeness (QED) is 0.827. The zero-order chi connectivity index (χ0) is 14.1. The fraction of sp³-hybridized carbons (Fsp3) is 0.923. The lowest BCUT2D eigenvalue weighted by atomic mass is 9.74. The van der Waals surface area contributed by atoms with Gasteiger partial charge in [0, 0.05) is 0 Å². The summed E-state index contributed by atoms with van der Waals surface area (Å²) in [4.78, 5) is 11.7. The number of carboxylic acids is 1. The number of nitrogens with one attached hydrogen (secondary N) is 1. The van der Waals surface area contributed by atoms with E-state index in [1.807, 2.05) is 6.92 Å². The van der Waals surface area contributed by atoms with Crippen LogP contribution in [0.1, 0.15) is 58.3 Å². The van der Waals surface area contributed by atoms with Crippen LogP contribution in [0.4, 0.5) is 0 Å². The van der Waals surface area contributed by atoms with E-state index in [-0.39, 0.29) is 5.92 Å². The molecule has 0 aromatic rings. The van der Waals surface area contributed by atoms with E-state index in [1.54, 1.807) is 0 Å². The predicted octanol–water partition coefficient (Wildman–Crippen LogP) is 1.88. The largest absolute Gasteiger partial charge is 0.480 e. The molecule has 0 aliphatic heterocycles. The summed E-state index contributed by atoms with van der Waals surface area (Å²) in [6.07, 6.45) is 6.04. The van der Waals surface area contributed by atoms with Crippen LogP contribution in [0, 0.1) is 5.92 Å². The third-order valence-electron chi connectivity index (χ3n) is 4.75. The Hall–Kier alpha value is -0.620. The lowest BCUT2D eigenvalue weighted by Gasteiger charge is -2.39. The molecular weight excluding hydrogens is 266 g/mol. The van der Waals surface area contributed by atoms with Crippen molar-refractivity contribution in [3.8, 4) is 0 Å². The molecule has 2 aliphatic rings. The fourth-order valence-electron chi connectivity index (χ4n) is 3.40. The Balaban J connectivity index is 2.23. The first kappa shape index (κ1) is 14.8. The Bertz CT molecular complexity index is 442. The number of rotatable bonds is 4. The highest BCUT2D eigenvalue weighted by Gasteiger charge is 2.49. The molecule has 0 radical (unpaired) electrons. The van der Waals surface area contributed by atoms with Crippen molar-refractivity contribution in [2.45, 2.75) is 69.1 Å². The standard InChI is InChI=1S/C13H23NO4S/c1-10-6-4-5-9-13(10,12(15)16)14-19(17,18)11-7-2-3-8-11/h10-11,14H,2-9H2,1H3,(H,15,16). The Morgan fingerprint density at radius 3 is 2.26 bits per heavy atom. The van der Waals surface area contributed by atoms with Crippen LogP contribution < -0.4 is 4.72 Å². The van der Waals surface area contributed by atoms with Gasteiger partial charge in [0.05, 0.1) is 5.25 Å². The van der Waals surface area contributed by atoms with E-state index in [2.05, 4.69) is 4.72 Å². The van der Waals surface area contributed by atoms with Gasteiger partial charge in [-0.2, -0.15) is 4.72 Å². The van der Waals surface area contributed by atoms with Gasteiger partial charge in [0.2, 0.25) is 10.0 Å². The molecule has 2 N–H and O–H groups in total. The van der Waals surface area contributed by atoms with Gasteiger partial charge in [-0.3, -0.25) is 4.79 Å². The molecule has 5 nitrogen and oxygen atoms in total. The summed E-state index contributed by atoms with van der Waals surface area (Å²) in [6.45, 7) is 1.84. The molecule has 2 saturated carbocycles. The van der Waals surface area contributed by atoms with Gasteiger partial charge in [0.15, 0.2) is 0 Å². The molecule has 6 heteroatoms. The SMILES string of the molecule is CC1CCCCC1(NS(=O)(=O)C1CCCC1)C(=O)O. The van der Waals surface area contributed by atoms with Gasteiger partial charge >= 0.3 is 5.97 Å². The summed E-state index contributed by atoms with van der Waals surface area (Å²) < 4.78 is 27.3. The molecule has 0 spiro atoms. The van der Waals surface area contributed by atoms with Crippen LogP contribution in [0.15, 0.2) is 0 Å².